The number of halogens is 3. The van der Waals surface area contributed by atoms with Gasteiger partial charge in [-0.05, 0) is 18.6 Å². The molecule has 2 unspecified atom stereocenters. The Balaban J connectivity index is 2.15. The molecule has 0 aliphatic heterocycles. The molecule has 0 radical (unpaired) electrons. The Morgan fingerprint density at radius 1 is 1.33 bits per heavy atom. The molecule has 1 aromatic rings. The third kappa shape index (κ3) is 2.83. The fraction of sp³-hybridized carbons (Fsp3) is 0.250. The summed E-state index contributed by atoms with van der Waals surface area (Å²) in [7, 11) is 0. The van der Waals surface area contributed by atoms with E-state index in [1.165, 1.54) is 0 Å². The van der Waals surface area contributed by atoms with Gasteiger partial charge < -0.3 is 11.1 Å². The van der Waals surface area contributed by atoms with E-state index in [4.69, 9.17) is 28.9 Å². The minimum atomic E-state index is -0.550. The number of hydrogen-bond donors (Lipinski definition) is 2. The average molecular weight is 289 g/mol. The molecule has 2 rings (SSSR count). The first-order valence-electron chi connectivity index (χ1n) is 5.36. The predicted molar refractivity (Wildman–Crippen MR) is 70.3 cm³/mol. The van der Waals surface area contributed by atoms with Crippen molar-refractivity contribution in [2.45, 2.75) is 12.5 Å². The van der Waals surface area contributed by atoms with E-state index < -0.39 is 5.82 Å². The molecule has 18 heavy (non-hydrogen) atoms. The van der Waals surface area contributed by atoms with E-state index in [1.54, 1.807) is 12.2 Å². The lowest BCUT2D eigenvalue weighted by molar-refractivity contribution is -0.118. The minimum absolute atomic E-state index is 0.0691. The number of nitrogens with one attached hydrogen (secondary N) is 1. The van der Waals surface area contributed by atoms with Crippen LogP contribution in [0.15, 0.2) is 24.3 Å². The smallest absolute Gasteiger partial charge is 0.231 e. The molecule has 2 atom stereocenters. The number of benzene rings is 1. The average Bonchev–Trinajstić information content (AvgIpc) is 2.70. The van der Waals surface area contributed by atoms with E-state index in [9.17, 15) is 9.18 Å². The molecule has 6 heteroatoms. The summed E-state index contributed by atoms with van der Waals surface area (Å²) in [6, 6.07) is 2.08. The highest BCUT2D eigenvalue weighted by Gasteiger charge is 2.24. The summed E-state index contributed by atoms with van der Waals surface area (Å²) in [5, 5.41) is 2.73. The van der Waals surface area contributed by atoms with E-state index in [-0.39, 0.29) is 33.6 Å². The number of nitrogens with two attached hydrogens (primary N) is 1. The van der Waals surface area contributed by atoms with Crippen molar-refractivity contribution in [1.29, 1.82) is 0 Å². The second-order valence-corrected chi connectivity index (χ2v) is 4.94. The van der Waals surface area contributed by atoms with Crippen molar-refractivity contribution in [3.63, 3.8) is 0 Å². The maximum absolute atomic E-state index is 13.0. The van der Waals surface area contributed by atoms with Crippen molar-refractivity contribution >= 4 is 34.8 Å². The third-order valence-corrected chi connectivity index (χ3v) is 3.30. The number of carbonyl (C=O) groups excluding carboxylic acids is 1. The second kappa shape index (κ2) is 5.26. The van der Waals surface area contributed by atoms with Crippen molar-refractivity contribution in [3.05, 3.63) is 40.1 Å². The standard InChI is InChI=1S/C12H11Cl2FN2O/c13-9-4-7(15)5-10(14)11(9)17-12(18)6-1-2-8(16)3-6/h1-2,4-6,8H,3,16H2,(H,17,18). The summed E-state index contributed by atoms with van der Waals surface area (Å²) in [5.74, 6) is -1.11. The highest BCUT2D eigenvalue weighted by molar-refractivity contribution is 6.39. The number of hydrogen-bond acceptors (Lipinski definition) is 2. The molecule has 0 spiro atoms. The molecule has 3 nitrogen and oxygen atoms in total. The van der Waals surface area contributed by atoms with E-state index in [1.807, 2.05) is 0 Å². The van der Waals surface area contributed by atoms with Crippen molar-refractivity contribution in [2.24, 2.45) is 11.7 Å². The Labute approximate surface area is 114 Å². The molecule has 1 aliphatic rings. The molecular weight excluding hydrogens is 278 g/mol. The summed E-state index contributed by atoms with van der Waals surface area (Å²) in [5.41, 5.74) is 5.89. The normalized spacial score (nSPS) is 22.2. The molecule has 1 amide bonds. The second-order valence-electron chi connectivity index (χ2n) is 4.12. The van der Waals surface area contributed by atoms with Crippen LogP contribution in [0.4, 0.5) is 10.1 Å². The van der Waals surface area contributed by atoms with Crippen LogP contribution in [0.25, 0.3) is 0 Å². The molecule has 0 saturated heterocycles. The van der Waals surface area contributed by atoms with E-state index in [0.717, 1.165) is 12.1 Å². The van der Waals surface area contributed by atoms with Crippen molar-refractivity contribution in [2.75, 3.05) is 5.32 Å². The van der Waals surface area contributed by atoms with E-state index >= 15 is 0 Å². The highest BCUT2D eigenvalue weighted by Crippen LogP contribution is 2.32. The molecule has 0 heterocycles. The maximum atomic E-state index is 13.0. The molecule has 3 N–H and O–H groups in total. The predicted octanol–water partition coefficient (Wildman–Crippen LogP) is 2.97. The molecule has 96 valence electrons. The van der Waals surface area contributed by atoms with Gasteiger partial charge in [0.25, 0.3) is 0 Å². The number of carbonyl (C=O) groups is 1. The largest absolute Gasteiger partial charge is 0.324 e. The third-order valence-electron chi connectivity index (χ3n) is 2.71. The van der Waals surface area contributed by atoms with E-state index in [0.29, 0.717) is 6.42 Å². The van der Waals surface area contributed by atoms with Crippen molar-refractivity contribution in [3.8, 4) is 0 Å². The number of rotatable bonds is 2. The monoisotopic (exact) mass is 288 g/mol. The maximum Gasteiger partial charge on any atom is 0.231 e. The quantitative estimate of drug-likeness (QED) is 0.822. The summed E-state index contributed by atoms with van der Waals surface area (Å²) in [4.78, 5) is 11.9. The Kier molecular flexibility index (Phi) is 3.90. The Hall–Kier alpha value is -1.10. The molecule has 1 aliphatic carbocycles. The van der Waals surface area contributed by atoms with Gasteiger partial charge in [0.2, 0.25) is 5.91 Å². The van der Waals surface area contributed by atoms with Gasteiger partial charge in [-0.3, -0.25) is 4.79 Å². The molecule has 0 bridgehead atoms. The zero-order valence-electron chi connectivity index (χ0n) is 9.29. The summed E-state index contributed by atoms with van der Waals surface area (Å²) in [6.07, 6.45) is 4.06. The van der Waals surface area contributed by atoms with Crippen LogP contribution in [-0.4, -0.2) is 11.9 Å². The van der Waals surface area contributed by atoms with E-state index in [2.05, 4.69) is 5.32 Å². The van der Waals surface area contributed by atoms with Crippen molar-refractivity contribution in [1.82, 2.24) is 0 Å². The fourth-order valence-electron chi connectivity index (χ4n) is 1.80. The Morgan fingerprint density at radius 2 is 1.94 bits per heavy atom. The number of anilines is 1. The van der Waals surface area contributed by atoms with Gasteiger partial charge in [-0.1, -0.05) is 35.4 Å². The SMILES string of the molecule is NC1C=CC(C(=O)Nc2c(Cl)cc(F)cc2Cl)C1. The minimum Gasteiger partial charge on any atom is -0.324 e. The highest BCUT2D eigenvalue weighted by atomic mass is 35.5. The topological polar surface area (TPSA) is 55.1 Å². The van der Waals surface area contributed by atoms with Gasteiger partial charge in [-0.15, -0.1) is 0 Å². The molecule has 0 saturated carbocycles. The Morgan fingerprint density at radius 3 is 2.44 bits per heavy atom. The van der Waals surface area contributed by atoms with Gasteiger partial charge >= 0.3 is 0 Å². The molecule has 0 fully saturated rings. The first-order chi connectivity index (χ1) is 8.47. The van der Waals surface area contributed by atoms with Crippen LogP contribution in [0.5, 0.6) is 0 Å². The lowest BCUT2D eigenvalue weighted by Gasteiger charge is -2.13. The van der Waals surface area contributed by atoms with Crippen LogP contribution in [0.2, 0.25) is 10.0 Å². The Bertz CT molecular complexity index is 496. The van der Waals surface area contributed by atoms with Gasteiger partial charge in [0.15, 0.2) is 0 Å². The zero-order chi connectivity index (χ0) is 13.3. The van der Waals surface area contributed by atoms with Gasteiger partial charge in [0, 0.05) is 6.04 Å². The zero-order valence-corrected chi connectivity index (χ0v) is 10.8. The number of amides is 1. The summed E-state index contributed by atoms with van der Waals surface area (Å²) >= 11 is 11.7. The van der Waals surface area contributed by atoms with Gasteiger partial charge in [0.05, 0.1) is 21.7 Å². The first kappa shape index (κ1) is 13.3. The lowest BCUT2D eigenvalue weighted by atomic mass is 10.1. The lowest BCUT2D eigenvalue weighted by Crippen LogP contribution is -2.24. The van der Waals surface area contributed by atoms with Crippen LogP contribution < -0.4 is 11.1 Å². The fourth-order valence-corrected chi connectivity index (χ4v) is 2.35. The van der Waals surface area contributed by atoms with Gasteiger partial charge in [-0.25, -0.2) is 4.39 Å². The molecule has 1 aromatic carbocycles. The van der Waals surface area contributed by atoms with Gasteiger partial charge in [-0.2, -0.15) is 0 Å². The molecule has 0 aromatic heterocycles. The van der Waals surface area contributed by atoms with Crippen LogP contribution in [0.1, 0.15) is 6.42 Å². The van der Waals surface area contributed by atoms with Crippen LogP contribution in [0.3, 0.4) is 0 Å². The molecular formula is C12H11Cl2FN2O. The summed E-state index contributed by atoms with van der Waals surface area (Å²) < 4.78 is 13.0. The first-order valence-corrected chi connectivity index (χ1v) is 6.12. The van der Waals surface area contributed by atoms with Crippen LogP contribution in [-0.2, 0) is 4.79 Å². The van der Waals surface area contributed by atoms with Crippen molar-refractivity contribution < 1.29 is 9.18 Å². The van der Waals surface area contributed by atoms with Crippen LogP contribution >= 0.6 is 23.2 Å². The van der Waals surface area contributed by atoms with Gasteiger partial charge in [0.1, 0.15) is 5.82 Å². The summed E-state index contributed by atoms with van der Waals surface area (Å²) in [6.45, 7) is 0. The van der Waals surface area contributed by atoms with Crippen LogP contribution in [0, 0.1) is 11.7 Å².